The lowest BCUT2D eigenvalue weighted by Crippen LogP contribution is -2.43. The van der Waals surface area contributed by atoms with E-state index in [1.54, 1.807) is 0 Å². The molecule has 114 valence electrons. The quantitative estimate of drug-likeness (QED) is 0.519. The van der Waals surface area contributed by atoms with Crippen LogP contribution in [0, 0.1) is 5.41 Å². The van der Waals surface area contributed by atoms with Crippen LogP contribution in [0.4, 0.5) is 0 Å². The van der Waals surface area contributed by atoms with Crippen LogP contribution in [0.3, 0.4) is 0 Å². The van der Waals surface area contributed by atoms with Crippen LogP contribution in [0.15, 0.2) is 0 Å². The van der Waals surface area contributed by atoms with Crippen molar-refractivity contribution in [2.45, 2.75) is 91.0 Å². The number of nitrogens with two attached hydrogens (primary N) is 1. The second-order valence-electron chi connectivity index (χ2n) is 6.38. The Morgan fingerprint density at radius 2 is 1.42 bits per heavy atom. The smallest absolute Gasteiger partial charge is 0.321 e. The number of hydrogen-bond donors (Lipinski definition) is 2. The first-order valence-electron chi connectivity index (χ1n) is 7.90. The van der Waals surface area contributed by atoms with Crippen molar-refractivity contribution in [1.82, 2.24) is 0 Å². The van der Waals surface area contributed by atoms with Gasteiger partial charge in [0, 0.05) is 0 Å². The first-order chi connectivity index (χ1) is 8.91. The molecule has 0 aromatic heterocycles. The van der Waals surface area contributed by atoms with Gasteiger partial charge in [-0.3, -0.25) is 4.79 Å². The predicted octanol–water partition coefficient (Wildman–Crippen LogP) is 4.35. The molecule has 0 aromatic carbocycles. The molecule has 0 fully saturated rings. The molecule has 0 saturated carbocycles. The Morgan fingerprint density at radius 1 is 1.00 bits per heavy atom. The van der Waals surface area contributed by atoms with Crippen LogP contribution < -0.4 is 5.73 Å². The molecule has 0 saturated heterocycles. The van der Waals surface area contributed by atoms with E-state index in [0.717, 1.165) is 12.8 Å². The van der Waals surface area contributed by atoms with Gasteiger partial charge in [0.1, 0.15) is 6.04 Å². The molecule has 3 nitrogen and oxygen atoms in total. The van der Waals surface area contributed by atoms with Crippen LogP contribution >= 0.6 is 0 Å². The topological polar surface area (TPSA) is 63.3 Å². The van der Waals surface area contributed by atoms with Gasteiger partial charge in [0.2, 0.25) is 0 Å². The fraction of sp³-hybridized carbons (Fsp3) is 0.938. The monoisotopic (exact) mass is 271 g/mol. The Kier molecular flexibility index (Phi) is 9.94. The normalized spacial score (nSPS) is 13.5. The molecule has 0 aromatic rings. The van der Waals surface area contributed by atoms with Gasteiger partial charge in [-0.2, -0.15) is 0 Å². The molecule has 0 heterocycles. The van der Waals surface area contributed by atoms with Crippen LogP contribution in [0.5, 0.6) is 0 Å². The van der Waals surface area contributed by atoms with E-state index in [1.807, 2.05) is 13.8 Å². The highest BCUT2D eigenvalue weighted by Gasteiger charge is 2.31. The molecule has 19 heavy (non-hydrogen) atoms. The summed E-state index contributed by atoms with van der Waals surface area (Å²) in [5.74, 6) is -0.888. The third-order valence-electron chi connectivity index (χ3n) is 4.03. The highest BCUT2D eigenvalue weighted by Crippen LogP contribution is 2.27. The van der Waals surface area contributed by atoms with E-state index in [0.29, 0.717) is 0 Å². The molecular formula is C16H33NO2. The number of carboxylic acids is 1. The highest BCUT2D eigenvalue weighted by atomic mass is 16.4. The second-order valence-corrected chi connectivity index (χ2v) is 6.38. The van der Waals surface area contributed by atoms with E-state index in [-0.39, 0.29) is 5.41 Å². The fourth-order valence-corrected chi connectivity index (χ4v) is 2.38. The minimum Gasteiger partial charge on any atom is -0.480 e. The molecule has 3 heteroatoms. The number of carbonyl (C=O) groups is 1. The molecule has 0 bridgehead atoms. The van der Waals surface area contributed by atoms with E-state index in [9.17, 15) is 4.79 Å². The molecule has 0 radical (unpaired) electrons. The largest absolute Gasteiger partial charge is 0.480 e. The summed E-state index contributed by atoms with van der Waals surface area (Å²) in [7, 11) is 0. The Hall–Kier alpha value is -0.570. The molecule has 0 aliphatic carbocycles. The number of carboxylic acid groups (broad SMARTS) is 1. The van der Waals surface area contributed by atoms with Crippen molar-refractivity contribution in [2.75, 3.05) is 0 Å². The third kappa shape index (κ3) is 9.04. The zero-order valence-corrected chi connectivity index (χ0v) is 13.1. The number of unbranched alkanes of at least 4 members (excludes halogenated alkanes) is 8. The molecule has 0 amide bonds. The van der Waals surface area contributed by atoms with Gasteiger partial charge < -0.3 is 10.8 Å². The Morgan fingerprint density at radius 3 is 1.84 bits per heavy atom. The van der Waals surface area contributed by atoms with Crippen molar-refractivity contribution in [3.8, 4) is 0 Å². The summed E-state index contributed by atoms with van der Waals surface area (Å²) in [6.07, 6.45) is 12.5. The van der Waals surface area contributed by atoms with Crippen molar-refractivity contribution < 1.29 is 9.90 Å². The predicted molar refractivity (Wildman–Crippen MR) is 81.2 cm³/mol. The first kappa shape index (κ1) is 18.4. The summed E-state index contributed by atoms with van der Waals surface area (Å²) in [6, 6.07) is -0.749. The summed E-state index contributed by atoms with van der Waals surface area (Å²) in [5, 5.41) is 8.94. The number of rotatable bonds is 12. The van der Waals surface area contributed by atoms with E-state index < -0.39 is 12.0 Å². The van der Waals surface area contributed by atoms with Gasteiger partial charge in [0.15, 0.2) is 0 Å². The molecule has 0 spiro atoms. The van der Waals surface area contributed by atoms with Crippen molar-refractivity contribution >= 4 is 5.97 Å². The van der Waals surface area contributed by atoms with Gasteiger partial charge in [-0.05, 0) is 11.8 Å². The van der Waals surface area contributed by atoms with Gasteiger partial charge in [0.05, 0.1) is 0 Å². The van der Waals surface area contributed by atoms with Crippen molar-refractivity contribution in [3.63, 3.8) is 0 Å². The van der Waals surface area contributed by atoms with E-state index in [2.05, 4.69) is 6.92 Å². The van der Waals surface area contributed by atoms with Gasteiger partial charge in [-0.25, -0.2) is 0 Å². The summed E-state index contributed by atoms with van der Waals surface area (Å²) >= 11 is 0. The Bertz CT molecular complexity index is 239. The molecule has 0 aliphatic rings. The molecular weight excluding hydrogens is 238 g/mol. The second kappa shape index (κ2) is 10.2. The standard InChI is InChI=1S/C16H33NO2/c1-4-5-6-7-8-9-10-11-12-13-16(2,3)14(17)15(18)19/h14H,4-13,17H2,1-3H3,(H,18,19). The van der Waals surface area contributed by atoms with Gasteiger partial charge in [-0.15, -0.1) is 0 Å². The van der Waals surface area contributed by atoms with Gasteiger partial charge in [0.25, 0.3) is 0 Å². The number of aliphatic carboxylic acids is 1. The van der Waals surface area contributed by atoms with Gasteiger partial charge >= 0.3 is 5.97 Å². The minimum absolute atomic E-state index is 0.299. The fourth-order valence-electron chi connectivity index (χ4n) is 2.38. The summed E-state index contributed by atoms with van der Waals surface area (Å²) in [5.41, 5.74) is 5.40. The zero-order valence-electron chi connectivity index (χ0n) is 13.1. The maximum Gasteiger partial charge on any atom is 0.321 e. The average molecular weight is 271 g/mol. The summed E-state index contributed by atoms with van der Waals surface area (Å²) < 4.78 is 0. The molecule has 0 aliphatic heterocycles. The first-order valence-corrected chi connectivity index (χ1v) is 7.90. The van der Waals surface area contributed by atoms with E-state index >= 15 is 0 Å². The maximum atomic E-state index is 10.9. The van der Waals surface area contributed by atoms with Crippen LogP contribution in [-0.2, 0) is 4.79 Å². The van der Waals surface area contributed by atoms with Gasteiger partial charge in [-0.1, -0.05) is 78.6 Å². The molecule has 1 atom stereocenters. The third-order valence-corrected chi connectivity index (χ3v) is 4.03. The molecule has 3 N–H and O–H groups in total. The Balaban J connectivity index is 3.50. The zero-order chi connectivity index (χ0) is 14.7. The lowest BCUT2D eigenvalue weighted by molar-refractivity contribution is -0.141. The lowest BCUT2D eigenvalue weighted by Gasteiger charge is -2.28. The van der Waals surface area contributed by atoms with Crippen molar-refractivity contribution in [2.24, 2.45) is 11.1 Å². The van der Waals surface area contributed by atoms with Crippen LogP contribution in [0.2, 0.25) is 0 Å². The van der Waals surface area contributed by atoms with Crippen molar-refractivity contribution in [3.05, 3.63) is 0 Å². The minimum atomic E-state index is -0.888. The SMILES string of the molecule is CCCCCCCCCCCC(C)(C)C(N)C(=O)O. The average Bonchev–Trinajstić information content (AvgIpc) is 2.35. The van der Waals surface area contributed by atoms with Crippen LogP contribution in [-0.4, -0.2) is 17.1 Å². The van der Waals surface area contributed by atoms with Crippen molar-refractivity contribution in [1.29, 1.82) is 0 Å². The highest BCUT2D eigenvalue weighted by molar-refractivity contribution is 5.74. The summed E-state index contributed by atoms with van der Waals surface area (Å²) in [4.78, 5) is 10.9. The molecule has 0 rings (SSSR count). The van der Waals surface area contributed by atoms with E-state index in [1.165, 1.54) is 51.4 Å². The molecule has 1 unspecified atom stereocenters. The Labute approximate surface area is 119 Å². The lowest BCUT2D eigenvalue weighted by atomic mass is 9.80. The van der Waals surface area contributed by atoms with E-state index in [4.69, 9.17) is 10.8 Å². The van der Waals surface area contributed by atoms with Crippen LogP contribution in [0.25, 0.3) is 0 Å². The number of hydrogen-bond acceptors (Lipinski definition) is 2. The summed E-state index contributed by atoms with van der Waals surface area (Å²) in [6.45, 7) is 6.15. The maximum absolute atomic E-state index is 10.9. The van der Waals surface area contributed by atoms with Crippen LogP contribution in [0.1, 0.15) is 85.0 Å².